The maximum Gasteiger partial charge on any atom is 0.389 e. The van der Waals surface area contributed by atoms with E-state index in [1.807, 2.05) is 0 Å². The third-order valence-corrected chi connectivity index (χ3v) is 2.84. The van der Waals surface area contributed by atoms with E-state index in [9.17, 15) is 13.2 Å². The van der Waals surface area contributed by atoms with E-state index in [1.54, 1.807) is 7.05 Å². The molecule has 0 saturated heterocycles. The van der Waals surface area contributed by atoms with Crippen LogP contribution in [0.5, 0.6) is 0 Å². The van der Waals surface area contributed by atoms with Gasteiger partial charge in [0.05, 0.1) is 0 Å². The number of likely N-dealkylation sites (N-methyl/N-ethyl adjacent to an activating group) is 1. The molecule has 0 amide bonds. The van der Waals surface area contributed by atoms with Gasteiger partial charge in [0.15, 0.2) is 0 Å². The van der Waals surface area contributed by atoms with Gasteiger partial charge >= 0.3 is 6.18 Å². The zero-order valence-corrected chi connectivity index (χ0v) is 9.03. The Kier molecular flexibility index (Phi) is 4.64. The molecule has 1 unspecified atom stereocenters. The Balaban J connectivity index is 2.44. The van der Waals surface area contributed by atoms with E-state index in [2.05, 4.69) is 11.4 Å². The molecule has 0 radical (unpaired) electrons. The van der Waals surface area contributed by atoms with E-state index < -0.39 is 12.6 Å². The summed E-state index contributed by atoms with van der Waals surface area (Å²) >= 11 is 0. The molecule has 15 heavy (non-hydrogen) atoms. The Labute approximate surface area is 88.7 Å². The Hall–Kier alpha value is -0.510. The molecule has 1 aliphatic carbocycles. The van der Waals surface area contributed by atoms with Gasteiger partial charge in [-0.05, 0) is 39.2 Å². The van der Waals surface area contributed by atoms with Crippen LogP contribution in [0.2, 0.25) is 0 Å². The minimum absolute atomic E-state index is 0.0908. The van der Waals surface area contributed by atoms with E-state index in [0.717, 1.165) is 24.8 Å². The van der Waals surface area contributed by atoms with Crippen molar-refractivity contribution in [3.8, 4) is 0 Å². The fraction of sp³-hybridized carbons (Fsp3) is 0.818. The first-order chi connectivity index (χ1) is 7.03. The predicted octanol–water partition coefficient (Wildman–Crippen LogP) is 3.42. The highest BCUT2D eigenvalue weighted by Crippen LogP contribution is 2.27. The van der Waals surface area contributed by atoms with Gasteiger partial charge < -0.3 is 5.32 Å². The van der Waals surface area contributed by atoms with E-state index in [-0.39, 0.29) is 12.5 Å². The fourth-order valence-electron chi connectivity index (χ4n) is 2.00. The summed E-state index contributed by atoms with van der Waals surface area (Å²) in [7, 11) is 1.73. The van der Waals surface area contributed by atoms with Crippen LogP contribution >= 0.6 is 0 Å². The Morgan fingerprint density at radius 2 is 2.13 bits per heavy atom. The summed E-state index contributed by atoms with van der Waals surface area (Å²) in [5, 5.41) is 2.98. The van der Waals surface area contributed by atoms with Gasteiger partial charge in [0.1, 0.15) is 0 Å². The van der Waals surface area contributed by atoms with E-state index in [0.29, 0.717) is 0 Å². The molecule has 88 valence electrons. The van der Waals surface area contributed by atoms with Crippen LogP contribution in [0.25, 0.3) is 0 Å². The van der Waals surface area contributed by atoms with Gasteiger partial charge in [-0.2, -0.15) is 13.2 Å². The van der Waals surface area contributed by atoms with Crippen molar-refractivity contribution in [2.24, 2.45) is 0 Å². The Morgan fingerprint density at radius 1 is 1.40 bits per heavy atom. The van der Waals surface area contributed by atoms with Gasteiger partial charge in [0.2, 0.25) is 0 Å². The maximum absolute atomic E-state index is 12.1. The summed E-state index contributed by atoms with van der Waals surface area (Å²) in [6, 6.07) is -0.0908. The smallest absolute Gasteiger partial charge is 0.313 e. The number of hydrogen-bond acceptors (Lipinski definition) is 1. The number of nitrogens with one attached hydrogen (secondary N) is 1. The topological polar surface area (TPSA) is 12.0 Å². The summed E-state index contributed by atoms with van der Waals surface area (Å²) < 4.78 is 36.2. The van der Waals surface area contributed by atoms with Crippen LogP contribution in [-0.2, 0) is 0 Å². The van der Waals surface area contributed by atoms with Gasteiger partial charge in [-0.15, -0.1) is 0 Å². The molecule has 1 aliphatic rings. The molecule has 4 heteroatoms. The summed E-state index contributed by atoms with van der Waals surface area (Å²) in [6.45, 7) is 0. The van der Waals surface area contributed by atoms with Crippen LogP contribution in [0.4, 0.5) is 13.2 Å². The third kappa shape index (κ3) is 4.69. The number of halogens is 3. The molecule has 0 aromatic heterocycles. The highest BCUT2D eigenvalue weighted by molar-refractivity contribution is 5.12. The molecular formula is C11H18F3N. The van der Waals surface area contributed by atoms with Crippen molar-refractivity contribution in [2.75, 3.05) is 7.05 Å². The Morgan fingerprint density at radius 3 is 2.60 bits per heavy atom. The molecule has 1 N–H and O–H groups in total. The average molecular weight is 221 g/mol. The molecule has 0 fully saturated rings. The molecule has 0 aliphatic heterocycles. The van der Waals surface area contributed by atoms with Crippen LogP contribution in [0, 0.1) is 0 Å². The van der Waals surface area contributed by atoms with E-state index in [1.165, 1.54) is 6.42 Å². The van der Waals surface area contributed by atoms with Crippen LogP contribution < -0.4 is 5.32 Å². The first-order valence-electron chi connectivity index (χ1n) is 5.46. The second kappa shape index (κ2) is 5.54. The SMILES string of the molecule is CNC(CCC(F)(F)F)C1=CCCCC1. The molecule has 0 spiro atoms. The summed E-state index contributed by atoms with van der Waals surface area (Å²) in [5.74, 6) is 0. The summed E-state index contributed by atoms with van der Waals surface area (Å²) in [6.07, 6.45) is 1.76. The zero-order chi connectivity index (χ0) is 11.3. The van der Waals surface area contributed by atoms with Gasteiger partial charge in [0.25, 0.3) is 0 Å². The lowest BCUT2D eigenvalue weighted by Gasteiger charge is -2.23. The molecule has 1 rings (SSSR count). The van der Waals surface area contributed by atoms with Crippen molar-refractivity contribution in [2.45, 2.75) is 50.7 Å². The molecule has 1 atom stereocenters. The molecular weight excluding hydrogens is 203 g/mol. The van der Waals surface area contributed by atoms with Gasteiger partial charge in [-0.1, -0.05) is 11.6 Å². The van der Waals surface area contributed by atoms with E-state index in [4.69, 9.17) is 0 Å². The molecule has 0 saturated carbocycles. The molecule has 0 aromatic rings. The third-order valence-electron chi connectivity index (χ3n) is 2.84. The monoisotopic (exact) mass is 221 g/mol. The number of allylic oxidation sites excluding steroid dienone is 1. The lowest BCUT2D eigenvalue weighted by molar-refractivity contribution is -0.136. The summed E-state index contributed by atoms with van der Waals surface area (Å²) in [4.78, 5) is 0. The van der Waals surface area contributed by atoms with Crippen molar-refractivity contribution >= 4 is 0 Å². The maximum atomic E-state index is 12.1. The molecule has 0 aromatic carbocycles. The van der Waals surface area contributed by atoms with Crippen LogP contribution in [0.3, 0.4) is 0 Å². The average Bonchev–Trinajstić information content (AvgIpc) is 2.19. The van der Waals surface area contributed by atoms with Gasteiger partial charge in [0, 0.05) is 12.5 Å². The second-order valence-corrected chi connectivity index (χ2v) is 4.02. The van der Waals surface area contributed by atoms with Gasteiger partial charge in [-0.25, -0.2) is 0 Å². The molecule has 0 heterocycles. The second-order valence-electron chi connectivity index (χ2n) is 4.02. The van der Waals surface area contributed by atoms with Crippen LogP contribution in [-0.4, -0.2) is 19.3 Å². The van der Waals surface area contributed by atoms with Crippen LogP contribution in [0.1, 0.15) is 38.5 Å². The Bertz CT molecular complexity index is 220. The highest BCUT2D eigenvalue weighted by atomic mass is 19.4. The molecule has 1 nitrogen and oxygen atoms in total. The largest absolute Gasteiger partial charge is 0.389 e. The van der Waals surface area contributed by atoms with Crippen LogP contribution in [0.15, 0.2) is 11.6 Å². The van der Waals surface area contributed by atoms with Crippen molar-refractivity contribution in [3.05, 3.63) is 11.6 Å². The minimum atomic E-state index is -4.04. The lowest BCUT2D eigenvalue weighted by atomic mass is 9.91. The number of hydrogen-bond donors (Lipinski definition) is 1. The number of rotatable bonds is 4. The van der Waals surface area contributed by atoms with Gasteiger partial charge in [-0.3, -0.25) is 0 Å². The van der Waals surface area contributed by atoms with Crippen molar-refractivity contribution in [1.29, 1.82) is 0 Å². The van der Waals surface area contributed by atoms with Crippen molar-refractivity contribution < 1.29 is 13.2 Å². The summed E-state index contributed by atoms with van der Waals surface area (Å²) in [5.41, 5.74) is 1.16. The van der Waals surface area contributed by atoms with Crippen molar-refractivity contribution in [3.63, 3.8) is 0 Å². The molecule has 0 bridgehead atoms. The van der Waals surface area contributed by atoms with Crippen molar-refractivity contribution in [1.82, 2.24) is 5.32 Å². The number of alkyl halides is 3. The predicted molar refractivity (Wildman–Crippen MR) is 54.7 cm³/mol. The standard InChI is InChI=1S/C11H18F3N/c1-15-10(7-8-11(12,13)14)9-5-3-2-4-6-9/h5,10,15H,2-4,6-8H2,1H3. The highest BCUT2D eigenvalue weighted by Gasteiger charge is 2.28. The lowest BCUT2D eigenvalue weighted by Crippen LogP contribution is -2.29. The van der Waals surface area contributed by atoms with E-state index >= 15 is 0 Å². The fourth-order valence-corrected chi connectivity index (χ4v) is 2.00. The minimum Gasteiger partial charge on any atom is -0.313 e. The zero-order valence-electron chi connectivity index (χ0n) is 9.03. The quantitative estimate of drug-likeness (QED) is 0.717. The normalized spacial score (nSPS) is 19.9. The first kappa shape index (κ1) is 12.6. The first-order valence-corrected chi connectivity index (χ1v) is 5.46.